The number of aromatic nitrogens is 8. The number of anilines is 1. The highest BCUT2D eigenvalue weighted by Crippen LogP contribution is 2.54. The number of likely N-dealkylation sites (tertiary alicyclic amines) is 2. The van der Waals surface area contributed by atoms with E-state index in [2.05, 4.69) is 53.7 Å². The van der Waals surface area contributed by atoms with Gasteiger partial charge in [0, 0.05) is 121 Å². The Morgan fingerprint density at radius 2 is 1.72 bits per heavy atom. The molecule has 5 saturated heterocycles. The first-order chi connectivity index (χ1) is 43.7. The van der Waals surface area contributed by atoms with Crippen molar-refractivity contribution in [3.8, 4) is 39.1 Å². The molecule has 468 valence electrons. The number of pyridine rings is 1. The maximum atomic E-state index is 16.3. The molecule has 90 heavy (non-hydrogen) atoms. The minimum atomic E-state index is -0.963. The summed E-state index contributed by atoms with van der Waals surface area (Å²) in [4.78, 5) is 68.8. The average Bonchev–Trinajstić information content (AvgIpc) is 1.32. The van der Waals surface area contributed by atoms with Gasteiger partial charge in [-0.3, -0.25) is 24.2 Å². The van der Waals surface area contributed by atoms with Crippen molar-refractivity contribution in [3.05, 3.63) is 111 Å². The van der Waals surface area contributed by atoms with Crippen LogP contribution in [0.2, 0.25) is 0 Å². The second-order valence-electron chi connectivity index (χ2n) is 25.9. The number of β-amino-alcohol motifs (C(OH)–C–C–N with tert-alkyl or cyclic N) is 1. The van der Waals surface area contributed by atoms with Gasteiger partial charge in [-0.15, -0.1) is 11.3 Å². The zero-order valence-corrected chi connectivity index (χ0v) is 52.0. The van der Waals surface area contributed by atoms with Crippen LogP contribution in [0.3, 0.4) is 0 Å². The van der Waals surface area contributed by atoms with E-state index in [9.17, 15) is 14.7 Å². The van der Waals surface area contributed by atoms with Crippen molar-refractivity contribution in [2.24, 2.45) is 5.92 Å². The van der Waals surface area contributed by atoms with Crippen LogP contribution in [0.1, 0.15) is 105 Å². The summed E-state index contributed by atoms with van der Waals surface area (Å²) in [6.07, 6.45) is 8.55. The molecule has 0 unspecified atom stereocenters. The monoisotopic (exact) mass is 1240 g/mol. The van der Waals surface area contributed by atoms with E-state index in [0.29, 0.717) is 82.0 Å². The van der Waals surface area contributed by atoms with Gasteiger partial charge >= 0.3 is 6.01 Å². The molecule has 2 bridgehead atoms. The second-order valence-corrected chi connectivity index (χ2v) is 26.8. The molecule has 6 aliphatic rings. The predicted molar refractivity (Wildman–Crippen MR) is 341 cm³/mol. The van der Waals surface area contributed by atoms with Crippen LogP contribution in [0.25, 0.3) is 65.2 Å². The zero-order chi connectivity index (χ0) is 61.6. The van der Waals surface area contributed by atoms with Gasteiger partial charge in [0.25, 0.3) is 5.56 Å². The number of aromatic amines is 2. The first kappa shape index (κ1) is 58.3. The predicted octanol–water partition coefficient (Wildman–Crippen LogP) is 8.76. The van der Waals surface area contributed by atoms with Crippen molar-refractivity contribution in [2.75, 3.05) is 57.9 Å². The molecule has 21 nitrogen and oxygen atoms in total. The number of H-pyrrole nitrogens is 2. The largest absolute Gasteiger partial charge is 0.490 e. The number of halogens is 1. The lowest BCUT2D eigenvalue weighted by Gasteiger charge is -2.31. The van der Waals surface area contributed by atoms with Crippen LogP contribution >= 0.6 is 11.3 Å². The highest BCUT2D eigenvalue weighted by Gasteiger charge is 2.44. The number of aliphatic hydroxyl groups is 1. The van der Waals surface area contributed by atoms with Gasteiger partial charge in [-0.1, -0.05) is 38.1 Å². The molecule has 0 spiro atoms. The lowest BCUT2D eigenvalue weighted by Crippen LogP contribution is -2.49. The Labute approximate surface area is 522 Å². The van der Waals surface area contributed by atoms with Crippen LogP contribution in [0.5, 0.6) is 17.5 Å². The Morgan fingerprint density at radius 1 is 0.900 bits per heavy atom. The smallest absolute Gasteiger partial charge is 0.319 e. The Balaban J connectivity index is 0.739. The number of fused-ring (bicyclic) bond motifs is 7. The number of amides is 2. The fraction of sp³-hybridized carbons (Fsp3) is 0.463. The summed E-state index contributed by atoms with van der Waals surface area (Å²) in [5.41, 5.74) is 9.55. The number of aryl methyl sites for hydroxylation is 1. The number of hydrogen-bond donors (Lipinski definition) is 5. The zero-order valence-electron chi connectivity index (χ0n) is 51.2. The number of aliphatic hydroxyl groups excluding tert-OH is 1. The minimum Gasteiger partial charge on any atom is -0.490 e. The maximum Gasteiger partial charge on any atom is 0.319 e. The fourth-order valence-corrected chi connectivity index (χ4v) is 15.2. The van der Waals surface area contributed by atoms with Crippen molar-refractivity contribution >= 4 is 72.6 Å². The normalized spacial score (nSPS) is 21.2. The number of piperazine rings is 1. The molecule has 15 rings (SSSR count). The summed E-state index contributed by atoms with van der Waals surface area (Å²) in [5, 5.41) is 32.9. The Kier molecular flexibility index (Phi) is 15.3. The van der Waals surface area contributed by atoms with E-state index >= 15 is 9.18 Å². The number of piperidine rings is 1. The topological polar surface area (TPSA) is 243 Å². The molecular formula is C67H74FN13O8S. The summed E-state index contributed by atoms with van der Waals surface area (Å²) in [6.45, 7) is 12.3. The summed E-state index contributed by atoms with van der Waals surface area (Å²) in [7, 11) is 2.11. The number of hydrogen-bond acceptors (Lipinski definition) is 17. The van der Waals surface area contributed by atoms with Crippen molar-refractivity contribution in [2.45, 2.75) is 141 Å². The number of carbonyl (C=O) groups excluding carboxylic acids is 2. The molecule has 0 radical (unpaired) electrons. The third-order valence-corrected chi connectivity index (χ3v) is 20.4. The Bertz CT molecular complexity index is 4340. The van der Waals surface area contributed by atoms with Crippen LogP contribution < -0.4 is 35.3 Å². The van der Waals surface area contributed by atoms with Crippen molar-refractivity contribution in [1.29, 1.82) is 0 Å². The average molecular weight is 1240 g/mol. The number of nitrogens with one attached hydrogen (secondary N) is 4. The first-order valence-corrected chi connectivity index (χ1v) is 32.6. The number of benzene rings is 4. The number of carbonyl (C=O) groups is 2. The molecule has 10 heterocycles. The van der Waals surface area contributed by atoms with E-state index in [4.69, 9.17) is 34.0 Å². The van der Waals surface area contributed by atoms with Gasteiger partial charge in [0.1, 0.15) is 53.8 Å². The molecule has 5 aromatic heterocycles. The van der Waals surface area contributed by atoms with Gasteiger partial charge in [-0.25, -0.2) is 9.37 Å². The fourth-order valence-electron chi connectivity index (χ4n) is 14.4. The molecule has 9 aromatic rings. The van der Waals surface area contributed by atoms with E-state index in [1.165, 1.54) is 15.6 Å². The highest BCUT2D eigenvalue weighted by molar-refractivity contribution is 7.13. The quantitative estimate of drug-likeness (QED) is 0.0572. The maximum absolute atomic E-state index is 16.3. The van der Waals surface area contributed by atoms with Crippen molar-refractivity contribution in [3.63, 3.8) is 0 Å². The molecule has 5 atom stereocenters. The number of thiazole rings is 1. The molecular weight excluding hydrogens is 1170 g/mol. The van der Waals surface area contributed by atoms with Crippen LogP contribution in [0, 0.1) is 25.6 Å². The molecule has 5 N–H and O–H groups in total. The van der Waals surface area contributed by atoms with E-state index in [0.717, 1.165) is 113 Å². The third-order valence-electron chi connectivity index (χ3n) is 19.4. The Hall–Kier alpha value is -8.09. The van der Waals surface area contributed by atoms with Crippen molar-refractivity contribution < 1.29 is 38.0 Å². The van der Waals surface area contributed by atoms with E-state index in [1.807, 2.05) is 62.7 Å². The number of rotatable bonds is 17. The number of nitrogens with zero attached hydrogens (tertiary/aromatic N) is 9. The van der Waals surface area contributed by atoms with Gasteiger partial charge in [0.2, 0.25) is 11.8 Å². The van der Waals surface area contributed by atoms with Crippen LogP contribution in [-0.2, 0) is 27.5 Å². The Morgan fingerprint density at radius 3 is 2.48 bits per heavy atom. The molecule has 1 aliphatic carbocycles. The number of ether oxygens (including phenoxy) is 4. The van der Waals surface area contributed by atoms with Gasteiger partial charge in [0.05, 0.1) is 47.1 Å². The molecule has 2 amide bonds. The van der Waals surface area contributed by atoms with Crippen LogP contribution in [0.15, 0.2) is 71.2 Å². The SMILES string of the molecule is Cc1ncsc1-c1ccc(CNC(=O)[C@@H]2C[C@@H](O)CN2C(=O)[C@H](C(C)C)n2cc3c(n2)c(=O)[nH]c2cc(COc4c(-c5c(C)c(F)cc6[nH]ncc56)c(C5CC5)cc5c(N6C[C@@H]7C[C@H]6CN7)nc(OC6CCOCC6)nc45)ccc23)c(OC2CCN(C)CC2)c1. The van der Waals surface area contributed by atoms with Crippen LogP contribution in [0.4, 0.5) is 10.2 Å². The van der Waals surface area contributed by atoms with E-state index in [-0.39, 0.29) is 73.5 Å². The molecule has 5 aliphatic heterocycles. The molecule has 1 saturated carbocycles. The highest BCUT2D eigenvalue weighted by atomic mass is 32.1. The van der Waals surface area contributed by atoms with Crippen molar-refractivity contribution in [1.82, 2.24) is 60.3 Å². The van der Waals surface area contributed by atoms with Gasteiger partial charge in [-0.05, 0) is 111 Å². The van der Waals surface area contributed by atoms with E-state index < -0.39 is 35.6 Å². The van der Waals surface area contributed by atoms with Gasteiger partial charge in [-0.2, -0.15) is 20.2 Å². The van der Waals surface area contributed by atoms with E-state index in [1.54, 1.807) is 30.7 Å². The van der Waals surface area contributed by atoms with Crippen LogP contribution in [-0.4, -0.2) is 156 Å². The summed E-state index contributed by atoms with van der Waals surface area (Å²) in [5.74, 6) is 0.639. The summed E-state index contributed by atoms with van der Waals surface area (Å²) >= 11 is 1.57. The third kappa shape index (κ3) is 10.9. The first-order valence-electron chi connectivity index (χ1n) is 31.7. The second kappa shape index (κ2) is 23.6. The summed E-state index contributed by atoms with van der Waals surface area (Å²) in [6, 6.07) is 14.4. The molecule has 23 heteroatoms. The lowest BCUT2D eigenvalue weighted by atomic mass is 9.88. The summed E-state index contributed by atoms with van der Waals surface area (Å²) < 4.78 is 44.1. The molecule has 4 aromatic carbocycles. The molecule has 6 fully saturated rings. The lowest BCUT2D eigenvalue weighted by molar-refractivity contribution is -0.142. The van der Waals surface area contributed by atoms with Gasteiger partial charge < -0.3 is 54.4 Å². The minimum absolute atomic E-state index is 0.0196. The standard InChI is InChI=1S/C67H74FN13O8S/c1-34(2)60(66(85)80-30-43(82)23-54(80)64(83)70-26-40-10-9-39(62-36(4)71-33-90-62)21-55(40)88-44-12-16-78(5)17-13-44)81-31-50-46-11-6-37(20-52(46)73-65(84)59(50)77-81)32-87-61-57(56-35(3)51(68)25-53-49(56)28-72-76-53)47(38-7-8-38)24-48-58(61)74-67(89-45-14-18-86-19-15-45)75-63(48)79-29-41-22-42(79)27-69-41/h6,9-11,20-21,24-25,28,31,33-34,38,41-45,54,60,69,82H,7-8,12-19,22-23,26-27,29-30,32H2,1-5H3,(H,70,83)(H,72,76)(H,73,84)/t41-,42-,43+,54-,60-/m0/s1. The van der Waals surface area contributed by atoms with Gasteiger partial charge in [0.15, 0.2) is 11.3 Å².